The van der Waals surface area contributed by atoms with Gasteiger partial charge in [0.25, 0.3) is 0 Å². The number of hydrogen-bond acceptors (Lipinski definition) is 7. The van der Waals surface area contributed by atoms with Gasteiger partial charge >= 0.3 is 0 Å². The maximum atomic E-state index is 16.0. The smallest absolute Gasteiger partial charge is 0.236 e. The van der Waals surface area contributed by atoms with Gasteiger partial charge in [-0.25, -0.2) is 14.4 Å². The van der Waals surface area contributed by atoms with Gasteiger partial charge in [0.2, 0.25) is 17.7 Å². The van der Waals surface area contributed by atoms with Crippen molar-refractivity contribution >= 4 is 40.6 Å². The molecule has 1 unspecified atom stereocenters. The van der Waals surface area contributed by atoms with E-state index in [1.165, 1.54) is 6.34 Å². The molecule has 4 aromatic rings. The zero-order valence-corrected chi connectivity index (χ0v) is 29.7. The molecule has 4 heterocycles. The fraction of sp³-hybridized carbons (Fsp3) is 0.421. The van der Waals surface area contributed by atoms with E-state index < -0.39 is 5.67 Å². The molecule has 51 heavy (non-hydrogen) atoms. The number of aromatic amines is 1. The first-order chi connectivity index (χ1) is 24.6. The third-order valence-electron chi connectivity index (χ3n) is 9.71. The summed E-state index contributed by atoms with van der Waals surface area (Å²) in [6, 6.07) is 16.6. The Balaban J connectivity index is 1.04. The van der Waals surface area contributed by atoms with E-state index in [0.717, 1.165) is 27.8 Å². The van der Waals surface area contributed by atoms with Crippen LogP contribution in [0.2, 0.25) is 0 Å². The van der Waals surface area contributed by atoms with E-state index in [1.807, 2.05) is 60.9 Å². The third kappa shape index (κ3) is 7.93. The number of fused-ring (bicyclic) bond motifs is 1. The second-order valence-corrected chi connectivity index (χ2v) is 13.5. The number of H-pyrrole nitrogens is 1. The molecule has 3 N–H and O–H groups in total. The number of pyridine rings is 1. The number of amides is 2. The Morgan fingerprint density at radius 2 is 1.90 bits per heavy atom. The number of ether oxygens (including phenoxy) is 1. The van der Waals surface area contributed by atoms with Crippen LogP contribution in [0.15, 0.2) is 70.8 Å². The van der Waals surface area contributed by atoms with Crippen LogP contribution in [0.3, 0.4) is 0 Å². The summed E-state index contributed by atoms with van der Waals surface area (Å²) >= 11 is 0. The number of likely N-dealkylation sites (tertiary alicyclic amines) is 2. The normalized spacial score (nSPS) is 18.2. The van der Waals surface area contributed by atoms with E-state index in [4.69, 9.17) is 10.5 Å². The molecular formula is C38H46FN9O3. The van der Waals surface area contributed by atoms with Crippen LogP contribution in [0.25, 0.3) is 22.2 Å². The molecule has 2 fully saturated rings. The van der Waals surface area contributed by atoms with E-state index in [2.05, 4.69) is 25.2 Å². The lowest BCUT2D eigenvalue weighted by molar-refractivity contribution is -0.135. The van der Waals surface area contributed by atoms with Gasteiger partial charge in [0.1, 0.15) is 23.5 Å². The molecule has 12 nitrogen and oxygen atoms in total. The number of nitrogens with zero attached hydrogens (tertiary/aromatic N) is 7. The van der Waals surface area contributed by atoms with Crippen molar-refractivity contribution in [2.75, 3.05) is 51.2 Å². The minimum atomic E-state index is -1.52. The van der Waals surface area contributed by atoms with Crippen molar-refractivity contribution in [1.29, 1.82) is 0 Å². The van der Waals surface area contributed by atoms with Crippen molar-refractivity contribution in [3.8, 4) is 17.1 Å². The van der Waals surface area contributed by atoms with Gasteiger partial charge in [-0.15, -0.1) is 0 Å². The molecule has 0 aliphatic carbocycles. The van der Waals surface area contributed by atoms with Gasteiger partial charge in [-0.3, -0.25) is 24.6 Å². The first kappa shape index (κ1) is 35.6. The Labute approximate surface area is 297 Å². The summed E-state index contributed by atoms with van der Waals surface area (Å²) in [7, 11) is 1.61. The predicted octanol–water partition coefficient (Wildman–Crippen LogP) is 4.94. The third-order valence-corrected chi connectivity index (χ3v) is 9.71. The van der Waals surface area contributed by atoms with Crippen molar-refractivity contribution in [1.82, 2.24) is 25.0 Å². The number of rotatable bonds is 11. The van der Waals surface area contributed by atoms with Crippen molar-refractivity contribution in [2.24, 2.45) is 21.6 Å². The number of hydrogen-bond donors (Lipinski definition) is 2. The van der Waals surface area contributed by atoms with Crippen molar-refractivity contribution in [3.63, 3.8) is 0 Å². The van der Waals surface area contributed by atoms with Crippen LogP contribution in [0, 0.1) is 5.92 Å². The second-order valence-electron chi connectivity index (χ2n) is 13.5. The maximum Gasteiger partial charge on any atom is 0.236 e. The molecule has 2 amide bonds. The van der Waals surface area contributed by atoms with Crippen LogP contribution in [0.1, 0.15) is 51.2 Å². The standard InChI is InChI=1S/C38H46FN9O3/c1-5-48(30-11-12-32-31(20-30)35(45-44-32)27-8-13-33(42-21-27)51-25(2)3)37(50)28-14-17-46(22-28)23-34(49)47-18-15-38(39,16-19-47)29-9-6-26(7-10-29)36(40)43-24-41-4/h6-13,20-21,24-25,28H,5,14-19,22-23H2,1-4H3,(H,44,45)(H2,40,41,43). The van der Waals surface area contributed by atoms with E-state index >= 15 is 4.39 Å². The number of halogens is 1. The van der Waals surface area contributed by atoms with E-state index in [9.17, 15) is 9.59 Å². The van der Waals surface area contributed by atoms with Gasteiger partial charge in [0.05, 0.1) is 24.1 Å². The minimum absolute atomic E-state index is 0.0279. The van der Waals surface area contributed by atoms with Crippen LogP contribution in [-0.2, 0) is 15.3 Å². The Kier molecular flexibility index (Phi) is 10.8. The molecule has 6 rings (SSSR count). The number of amidine groups is 1. The van der Waals surface area contributed by atoms with Crippen molar-refractivity contribution in [3.05, 3.63) is 71.9 Å². The van der Waals surface area contributed by atoms with Crippen LogP contribution in [0.4, 0.5) is 10.1 Å². The molecule has 0 radical (unpaired) electrons. The minimum Gasteiger partial charge on any atom is -0.475 e. The van der Waals surface area contributed by atoms with Crippen LogP contribution < -0.4 is 15.4 Å². The average Bonchev–Trinajstić information content (AvgIpc) is 3.78. The average molecular weight is 696 g/mol. The second kappa shape index (κ2) is 15.4. The number of carbonyl (C=O) groups is 2. The van der Waals surface area contributed by atoms with Gasteiger partial charge in [0.15, 0.2) is 0 Å². The molecule has 13 heteroatoms. The topological polar surface area (TPSA) is 145 Å². The molecule has 2 aromatic carbocycles. The van der Waals surface area contributed by atoms with E-state index in [-0.39, 0.29) is 43.2 Å². The summed E-state index contributed by atoms with van der Waals surface area (Å²) in [6.45, 7) is 8.41. The summed E-state index contributed by atoms with van der Waals surface area (Å²) in [6.07, 6.45) is 4.24. The molecule has 268 valence electrons. The quantitative estimate of drug-likeness (QED) is 0.167. The summed E-state index contributed by atoms with van der Waals surface area (Å²) < 4.78 is 21.7. The van der Waals surface area contributed by atoms with Crippen LogP contribution >= 0.6 is 0 Å². The molecule has 2 aliphatic heterocycles. The van der Waals surface area contributed by atoms with E-state index in [1.54, 1.807) is 42.4 Å². The number of aromatic nitrogens is 3. The molecule has 0 spiro atoms. The predicted molar refractivity (Wildman–Crippen MR) is 198 cm³/mol. The van der Waals surface area contributed by atoms with Crippen molar-refractivity contribution < 1.29 is 18.7 Å². The highest BCUT2D eigenvalue weighted by Gasteiger charge is 2.39. The fourth-order valence-corrected chi connectivity index (χ4v) is 6.91. The largest absolute Gasteiger partial charge is 0.475 e. The zero-order valence-electron chi connectivity index (χ0n) is 29.7. The zero-order chi connectivity index (χ0) is 36.1. The van der Waals surface area contributed by atoms with Gasteiger partial charge in [0, 0.05) is 80.5 Å². The lowest BCUT2D eigenvalue weighted by Gasteiger charge is -2.37. The monoisotopic (exact) mass is 695 g/mol. The highest BCUT2D eigenvalue weighted by atomic mass is 19.1. The fourth-order valence-electron chi connectivity index (χ4n) is 6.91. The van der Waals surface area contributed by atoms with Gasteiger partial charge in [-0.05, 0) is 63.6 Å². The number of carbonyl (C=O) groups excluding carboxylic acids is 2. The molecule has 0 bridgehead atoms. The number of alkyl halides is 1. The molecule has 2 aromatic heterocycles. The van der Waals surface area contributed by atoms with Crippen LogP contribution in [0.5, 0.6) is 5.88 Å². The Morgan fingerprint density at radius 1 is 1.14 bits per heavy atom. The first-order valence-corrected chi connectivity index (χ1v) is 17.5. The Bertz CT molecular complexity index is 1900. The van der Waals surface area contributed by atoms with Gasteiger partial charge < -0.3 is 20.3 Å². The summed E-state index contributed by atoms with van der Waals surface area (Å²) in [5, 5.41) is 8.52. The number of benzene rings is 2. The van der Waals surface area contributed by atoms with Gasteiger partial charge in [-0.1, -0.05) is 24.3 Å². The number of nitrogens with one attached hydrogen (secondary N) is 1. The van der Waals surface area contributed by atoms with E-state index in [0.29, 0.717) is 62.0 Å². The number of aliphatic imine (C=N–C) groups is 2. The molecular weight excluding hydrogens is 649 g/mol. The lowest BCUT2D eigenvalue weighted by atomic mass is 9.85. The highest BCUT2D eigenvalue weighted by molar-refractivity contribution is 6.01. The van der Waals surface area contributed by atoms with Crippen molar-refractivity contribution in [2.45, 2.75) is 51.8 Å². The summed E-state index contributed by atoms with van der Waals surface area (Å²) in [5.74, 6) is 0.631. The first-order valence-electron chi connectivity index (χ1n) is 17.5. The molecule has 2 saturated heterocycles. The highest BCUT2D eigenvalue weighted by Crippen LogP contribution is 2.37. The number of piperidine rings is 1. The maximum absolute atomic E-state index is 16.0. The lowest BCUT2D eigenvalue weighted by Crippen LogP contribution is -2.47. The molecule has 0 saturated carbocycles. The summed E-state index contributed by atoms with van der Waals surface area (Å²) in [4.78, 5) is 45.1. The SMILES string of the molecule is CCN(C(=O)C1CCN(CC(=O)N2CCC(F)(c3ccc(C(N)=NC=NC)cc3)CC2)C1)c1ccc2[nH]nc(-c3ccc(OC(C)C)nc3)c2c1. The Morgan fingerprint density at radius 3 is 2.57 bits per heavy atom. The van der Waals surface area contributed by atoms with Crippen LogP contribution in [-0.4, -0.2) is 101 Å². The van der Waals surface area contributed by atoms with Gasteiger partial charge in [-0.2, -0.15) is 5.10 Å². The number of nitrogens with two attached hydrogens (primary N) is 1. The molecule has 2 aliphatic rings. The Hall–Kier alpha value is -5.17. The number of anilines is 1. The molecule has 1 atom stereocenters. The summed E-state index contributed by atoms with van der Waals surface area (Å²) in [5.41, 5.74) is 8.96.